The lowest BCUT2D eigenvalue weighted by Gasteiger charge is -2.40. The van der Waals surface area contributed by atoms with Crippen molar-refractivity contribution in [2.45, 2.75) is 44.9 Å². The number of hydrogen-bond acceptors (Lipinski definition) is 6. The molecule has 0 aliphatic carbocycles. The van der Waals surface area contributed by atoms with Crippen molar-refractivity contribution in [1.82, 2.24) is 24.8 Å². The molecule has 2 atom stereocenters. The minimum atomic E-state index is -4.44. The first kappa shape index (κ1) is 25.4. The van der Waals surface area contributed by atoms with Crippen molar-refractivity contribution < 1.29 is 18.0 Å². The van der Waals surface area contributed by atoms with Crippen LogP contribution in [0.2, 0.25) is 0 Å². The number of aryl methyl sites for hydroxylation is 1. The number of nitrogens with zero attached hydrogens (tertiary/aromatic N) is 5. The summed E-state index contributed by atoms with van der Waals surface area (Å²) in [5.74, 6) is 0.517. The van der Waals surface area contributed by atoms with Gasteiger partial charge in [-0.25, -0.2) is 19.9 Å². The van der Waals surface area contributed by atoms with E-state index < -0.39 is 11.7 Å². The van der Waals surface area contributed by atoms with Gasteiger partial charge in [0.1, 0.15) is 11.5 Å². The fraction of sp³-hybridized carbons (Fsp3) is 0.348. The Morgan fingerprint density at radius 1 is 1.12 bits per heavy atom. The SMILES string of the molecule is Cc1ccc(-c2ncccn2)c(C(=O)N2CCC[C@@H](Nc3ccc(C(F)(F)F)cn3)[C@@H]2C)n1.Cl. The Balaban J connectivity index is 0.00000324. The van der Waals surface area contributed by atoms with E-state index in [1.807, 2.05) is 19.9 Å². The van der Waals surface area contributed by atoms with E-state index in [4.69, 9.17) is 0 Å². The lowest BCUT2D eigenvalue weighted by atomic mass is 9.96. The normalized spacial score (nSPS) is 18.2. The fourth-order valence-corrected chi connectivity index (χ4v) is 3.93. The predicted octanol–water partition coefficient (Wildman–Crippen LogP) is 4.79. The van der Waals surface area contributed by atoms with E-state index in [1.165, 1.54) is 6.07 Å². The molecule has 11 heteroatoms. The monoisotopic (exact) mass is 492 g/mol. The van der Waals surface area contributed by atoms with Gasteiger partial charge in [0.2, 0.25) is 0 Å². The molecular formula is C23H24ClF3N6O. The summed E-state index contributed by atoms with van der Waals surface area (Å²) >= 11 is 0. The van der Waals surface area contributed by atoms with Gasteiger partial charge in [-0.1, -0.05) is 0 Å². The van der Waals surface area contributed by atoms with Crippen LogP contribution in [0.4, 0.5) is 19.0 Å². The van der Waals surface area contributed by atoms with Gasteiger partial charge in [-0.2, -0.15) is 13.2 Å². The molecule has 3 aromatic rings. The van der Waals surface area contributed by atoms with E-state index >= 15 is 0 Å². The molecule has 34 heavy (non-hydrogen) atoms. The fourth-order valence-electron chi connectivity index (χ4n) is 3.93. The molecule has 4 rings (SSSR count). The Morgan fingerprint density at radius 3 is 2.50 bits per heavy atom. The summed E-state index contributed by atoms with van der Waals surface area (Å²) in [5.41, 5.74) is 0.730. The number of carbonyl (C=O) groups excluding carboxylic acids is 1. The molecular weight excluding hydrogens is 469 g/mol. The number of aromatic nitrogens is 4. The first-order chi connectivity index (χ1) is 15.7. The summed E-state index contributed by atoms with van der Waals surface area (Å²) in [4.78, 5) is 32.2. The van der Waals surface area contributed by atoms with Crippen molar-refractivity contribution in [1.29, 1.82) is 0 Å². The Hall–Kier alpha value is -3.27. The first-order valence-electron chi connectivity index (χ1n) is 10.6. The third kappa shape index (κ3) is 5.44. The number of piperidine rings is 1. The first-order valence-corrected chi connectivity index (χ1v) is 10.6. The Labute approximate surface area is 201 Å². The highest BCUT2D eigenvalue weighted by Crippen LogP contribution is 2.30. The number of carbonyl (C=O) groups is 1. The molecule has 0 spiro atoms. The van der Waals surface area contributed by atoms with E-state index in [0.29, 0.717) is 29.4 Å². The van der Waals surface area contributed by atoms with Gasteiger partial charge in [-0.05, 0) is 57.0 Å². The maximum absolute atomic E-state index is 13.5. The average Bonchev–Trinajstić information content (AvgIpc) is 2.80. The van der Waals surface area contributed by atoms with E-state index in [-0.39, 0.29) is 36.1 Å². The number of pyridine rings is 2. The number of rotatable bonds is 4. The van der Waals surface area contributed by atoms with Gasteiger partial charge in [-0.15, -0.1) is 12.4 Å². The third-order valence-corrected chi connectivity index (χ3v) is 5.72. The lowest BCUT2D eigenvalue weighted by Crippen LogP contribution is -2.52. The molecule has 1 aliphatic rings. The van der Waals surface area contributed by atoms with Crippen LogP contribution in [0.25, 0.3) is 11.4 Å². The van der Waals surface area contributed by atoms with Crippen LogP contribution in [-0.4, -0.2) is 49.4 Å². The molecule has 3 aromatic heterocycles. The second kappa shape index (κ2) is 10.3. The Morgan fingerprint density at radius 2 is 1.85 bits per heavy atom. The molecule has 4 heterocycles. The van der Waals surface area contributed by atoms with Crippen LogP contribution in [-0.2, 0) is 6.18 Å². The second-order valence-corrected chi connectivity index (χ2v) is 7.98. The van der Waals surface area contributed by atoms with Crippen LogP contribution in [0.15, 0.2) is 48.9 Å². The lowest BCUT2D eigenvalue weighted by molar-refractivity contribution is -0.137. The predicted molar refractivity (Wildman–Crippen MR) is 124 cm³/mol. The zero-order valence-electron chi connectivity index (χ0n) is 18.6. The van der Waals surface area contributed by atoms with Crippen molar-refractivity contribution in [3.05, 3.63) is 65.9 Å². The zero-order valence-corrected chi connectivity index (χ0v) is 19.4. The maximum atomic E-state index is 13.5. The number of hydrogen-bond donors (Lipinski definition) is 1. The van der Waals surface area contributed by atoms with Crippen molar-refractivity contribution >= 4 is 24.1 Å². The van der Waals surface area contributed by atoms with E-state index in [1.54, 1.807) is 29.4 Å². The molecule has 0 unspecified atom stereocenters. The van der Waals surface area contributed by atoms with Crippen LogP contribution >= 0.6 is 12.4 Å². The number of amides is 1. The van der Waals surface area contributed by atoms with Crippen LogP contribution < -0.4 is 5.32 Å². The number of anilines is 1. The van der Waals surface area contributed by atoms with E-state index in [2.05, 4.69) is 25.3 Å². The van der Waals surface area contributed by atoms with Gasteiger partial charge < -0.3 is 10.2 Å². The highest BCUT2D eigenvalue weighted by Gasteiger charge is 2.34. The highest BCUT2D eigenvalue weighted by molar-refractivity contribution is 5.98. The van der Waals surface area contributed by atoms with Crippen molar-refractivity contribution in [2.24, 2.45) is 0 Å². The summed E-state index contributed by atoms with van der Waals surface area (Å²) in [7, 11) is 0. The van der Waals surface area contributed by atoms with Crippen LogP contribution in [0.5, 0.6) is 0 Å². The summed E-state index contributed by atoms with van der Waals surface area (Å²) in [6, 6.07) is 7.20. The zero-order chi connectivity index (χ0) is 23.6. The van der Waals surface area contributed by atoms with Gasteiger partial charge in [-0.3, -0.25) is 4.79 Å². The smallest absolute Gasteiger partial charge is 0.365 e. The molecule has 0 bridgehead atoms. The molecule has 1 saturated heterocycles. The van der Waals surface area contributed by atoms with Gasteiger partial charge in [0, 0.05) is 42.9 Å². The highest BCUT2D eigenvalue weighted by atomic mass is 35.5. The standard InChI is InChI=1S/C23H23F3N6O.ClH/c1-14-6-8-17(21-27-10-4-11-28-21)20(30-14)22(33)32-12-3-5-18(15(32)2)31-19-9-7-16(13-29-19)23(24,25)26;/h4,6-11,13,15,18H,3,5,12H2,1-2H3,(H,29,31);1H/t15-,18+;/m0./s1. The molecule has 0 saturated carbocycles. The molecule has 1 amide bonds. The molecule has 0 radical (unpaired) electrons. The second-order valence-electron chi connectivity index (χ2n) is 7.98. The van der Waals surface area contributed by atoms with Crippen molar-refractivity contribution in [2.75, 3.05) is 11.9 Å². The molecule has 1 fully saturated rings. The average molecular weight is 493 g/mol. The van der Waals surface area contributed by atoms with E-state index in [9.17, 15) is 18.0 Å². The molecule has 7 nitrogen and oxygen atoms in total. The largest absolute Gasteiger partial charge is 0.417 e. The number of halogens is 4. The molecule has 0 aromatic carbocycles. The summed E-state index contributed by atoms with van der Waals surface area (Å²) in [6.45, 7) is 4.27. The van der Waals surface area contributed by atoms with E-state index in [0.717, 1.165) is 25.1 Å². The maximum Gasteiger partial charge on any atom is 0.417 e. The minimum Gasteiger partial charge on any atom is -0.365 e. The summed E-state index contributed by atoms with van der Waals surface area (Å²) < 4.78 is 38.4. The quantitative estimate of drug-likeness (QED) is 0.564. The topological polar surface area (TPSA) is 83.9 Å². The Bertz CT molecular complexity index is 1130. The number of alkyl halides is 3. The van der Waals surface area contributed by atoms with Gasteiger partial charge in [0.05, 0.1) is 11.1 Å². The molecule has 1 aliphatic heterocycles. The minimum absolute atomic E-state index is 0. The van der Waals surface area contributed by atoms with Crippen LogP contribution in [0.1, 0.15) is 41.5 Å². The Kier molecular flexibility index (Phi) is 7.71. The van der Waals surface area contributed by atoms with Gasteiger partial charge >= 0.3 is 6.18 Å². The molecule has 1 N–H and O–H groups in total. The van der Waals surface area contributed by atoms with Crippen LogP contribution in [0.3, 0.4) is 0 Å². The summed E-state index contributed by atoms with van der Waals surface area (Å²) in [5, 5.41) is 3.19. The third-order valence-electron chi connectivity index (χ3n) is 5.72. The van der Waals surface area contributed by atoms with Gasteiger partial charge in [0.25, 0.3) is 5.91 Å². The van der Waals surface area contributed by atoms with Gasteiger partial charge in [0.15, 0.2) is 5.82 Å². The van der Waals surface area contributed by atoms with Crippen LogP contribution in [0, 0.1) is 6.92 Å². The van der Waals surface area contributed by atoms with Crippen molar-refractivity contribution in [3.8, 4) is 11.4 Å². The number of likely N-dealkylation sites (tertiary alicyclic amines) is 1. The molecule has 180 valence electrons. The number of nitrogens with one attached hydrogen (secondary N) is 1. The summed E-state index contributed by atoms with van der Waals surface area (Å²) in [6.07, 6.45) is 1.07. The van der Waals surface area contributed by atoms with Crippen molar-refractivity contribution in [3.63, 3.8) is 0 Å².